The van der Waals surface area contributed by atoms with Gasteiger partial charge in [-0.25, -0.2) is 9.18 Å². The van der Waals surface area contributed by atoms with E-state index in [4.69, 9.17) is 10.9 Å². The highest BCUT2D eigenvalue weighted by Gasteiger charge is 2.11. The van der Waals surface area contributed by atoms with Crippen LogP contribution in [0.25, 0.3) is 10.4 Å². The van der Waals surface area contributed by atoms with Crippen LogP contribution in [0.4, 0.5) is 14.9 Å². The molecule has 2 amide bonds. The molecular formula is C11H10FN3OS2. The van der Waals surface area contributed by atoms with E-state index in [1.807, 2.05) is 0 Å². The van der Waals surface area contributed by atoms with Gasteiger partial charge in [-0.05, 0) is 35.7 Å². The van der Waals surface area contributed by atoms with Gasteiger partial charge in [0.25, 0.3) is 0 Å². The monoisotopic (exact) mass is 283 g/mol. The van der Waals surface area contributed by atoms with Crippen LogP contribution in [-0.2, 0) is 0 Å². The van der Waals surface area contributed by atoms with Gasteiger partial charge in [0.15, 0.2) is 0 Å². The molecule has 0 bridgehead atoms. The minimum Gasteiger partial charge on any atom is -0.351 e. The van der Waals surface area contributed by atoms with Gasteiger partial charge in [-0.3, -0.25) is 5.14 Å². The first-order valence-corrected chi connectivity index (χ1v) is 6.62. The Labute approximate surface area is 111 Å². The summed E-state index contributed by atoms with van der Waals surface area (Å²) < 4.78 is 13.6. The van der Waals surface area contributed by atoms with Crippen molar-refractivity contribution >= 4 is 35.0 Å². The van der Waals surface area contributed by atoms with Gasteiger partial charge in [0.05, 0.1) is 9.90 Å². The van der Waals surface area contributed by atoms with Crippen LogP contribution in [0.5, 0.6) is 0 Å². The van der Waals surface area contributed by atoms with Crippen LogP contribution in [-0.4, -0.2) is 6.03 Å². The van der Waals surface area contributed by atoms with Crippen molar-refractivity contribution in [2.45, 2.75) is 4.21 Å². The average molecular weight is 283 g/mol. The van der Waals surface area contributed by atoms with E-state index in [-0.39, 0.29) is 5.82 Å². The summed E-state index contributed by atoms with van der Waals surface area (Å²) in [5.41, 5.74) is 6.50. The number of urea groups is 1. The number of benzene rings is 1. The molecule has 1 heterocycles. The molecule has 0 fully saturated rings. The maximum atomic E-state index is 12.8. The van der Waals surface area contributed by atoms with Crippen molar-refractivity contribution in [2.24, 2.45) is 10.9 Å². The summed E-state index contributed by atoms with van der Waals surface area (Å²) in [4.78, 5) is 11.7. The Morgan fingerprint density at radius 1 is 1.33 bits per heavy atom. The Kier molecular flexibility index (Phi) is 3.85. The Bertz CT molecular complexity index is 568. The van der Waals surface area contributed by atoms with Crippen molar-refractivity contribution < 1.29 is 9.18 Å². The second kappa shape index (κ2) is 5.38. The molecule has 0 aliphatic heterocycles. The number of nitrogens with two attached hydrogens (primary N) is 2. The molecule has 0 radical (unpaired) electrons. The van der Waals surface area contributed by atoms with Crippen LogP contribution in [0.2, 0.25) is 0 Å². The number of hydrogen-bond acceptors (Lipinski definition) is 4. The van der Waals surface area contributed by atoms with E-state index >= 15 is 0 Å². The molecule has 2 aromatic rings. The molecule has 0 spiro atoms. The third kappa shape index (κ3) is 2.81. The molecule has 0 atom stereocenters. The van der Waals surface area contributed by atoms with Crippen LogP contribution in [0.3, 0.4) is 0 Å². The van der Waals surface area contributed by atoms with Gasteiger partial charge in [-0.15, -0.1) is 11.3 Å². The summed E-state index contributed by atoms with van der Waals surface area (Å²) in [6, 6.07) is 7.21. The average Bonchev–Trinajstić information content (AvgIpc) is 2.72. The van der Waals surface area contributed by atoms with Crippen molar-refractivity contribution in [2.75, 3.05) is 5.32 Å². The van der Waals surface area contributed by atoms with Gasteiger partial charge >= 0.3 is 6.03 Å². The maximum absolute atomic E-state index is 12.8. The lowest BCUT2D eigenvalue weighted by atomic mass is 10.2. The second-order valence-corrected chi connectivity index (χ2v) is 5.38. The summed E-state index contributed by atoms with van der Waals surface area (Å²) >= 11 is 2.44. The fraction of sp³-hybridized carbons (Fsp3) is 0. The highest BCUT2D eigenvalue weighted by molar-refractivity contribution is 7.99. The van der Waals surface area contributed by atoms with E-state index < -0.39 is 6.03 Å². The summed E-state index contributed by atoms with van der Waals surface area (Å²) in [5, 5.41) is 8.02. The number of thiophene rings is 1. The molecule has 0 aliphatic carbocycles. The van der Waals surface area contributed by atoms with Gasteiger partial charge in [-0.2, -0.15) is 0 Å². The minimum absolute atomic E-state index is 0.292. The van der Waals surface area contributed by atoms with Crippen LogP contribution in [0.15, 0.2) is 34.5 Å². The van der Waals surface area contributed by atoms with Crippen molar-refractivity contribution in [3.05, 3.63) is 36.1 Å². The number of primary amides is 1. The molecular weight excluding hydrogens is 273 g/mol. The zero-order valence-electron chi connectivity index (χ0n) is 9.14. The van der Waals surface area contributed by atoms with E-state index in [9.17, 15) is 9.18 Å². The number of anilines is 1. The number of hydrogen-bond donors (Lipinski definition) is 3. The fourth-order valence-corrected chi connectivity index (χ4v) is 2.99. The highest BCUT2D eigenvalue weighted by atomic mass is 32.2. The van der Waals surface area contributed by atoms with Crippen molar-refractivity contribution in [3.63, 3.8) is 0 Å². The molecule has 4 nitrogen and oxygen atoms in total. The van der Waals surface area contributed by atoms with Crippen LogP contribution >= 0.6 is 23.3 Å². The van der Waals surface area contributed by atoms with Gasteiger partial charge in [0, 0.05) is 4.88 Å². The van der Waals surface area contributed by atoms with Crippen molar-refractivity contribution in [1.82, 2.24) is 0 Å². The Hall–Kier alpha value is -1.57. The topological polar surface area (TPSA) is 81.1 Å². The predicted octanol–water partition coefficient (Wildman–Crippen LogP) is 3.01. The fourth-order valence-electron chi connectivity index (χ4n) is 1.44. The normalized spacial score (nSPS) is 10.3. The molecule has 18 heavy (non-hydrogen) atoms. The van der Waals surface area contributed by atoms with Gasteiger partial charge in [0.1, 0.15) is 5.82 Å². The van der Waals surface area contributed by atoms with E-state index in [1.165, 1.54) is 23.5 Å². The lowest BCUT2D eigenvalue weighted by Crippen LogP contribution is -2.19. The molecule has 2 rings (SSSR count). The minimum atomic E-state index is -0.645. The number of halogens is 1. The summed E-state index contributed by atoms with van der Waals surface area (Å²) in [6.45, 7) is 0. The number of rotatable bonds is 3. The van der Waals surface area contributed by atoms with Crippen LogP contribution < -0.4 is 16.2 Å². The predicted molar refractivity (Wildman–Crippen MR) is 73.0 cm³/mol. The standard InChI is InChI=1S/C11H10FN3OS2/c12-7-3-1-6(2-4-7)9-5-8(15-11(13)16)10(17-9)18-14/h1-5H,14H2,(H3,13,15,16). The SMILES string of the molecule is NSc1sc(-c2ccc(F)cc2)cc1NC(N)=O. The maximum Gasteiger partial charge on any atom is 0.316 e. The van der Waals surface area contributed by atoms with Crippen LogP contribution in [0, 0.1) is 5.82 Å². The summed E-state index contributed by atoms with van der Waals surface area (Å²) in [6.07, 6.45) is 0. The van der Waals surface area contributed by atoms with Crippen LogP contribution in [0.1, 0.15) is 0 Å². The molecule has 0 saturated heterocycles. The molecule has 0 aliphatic rings. The molecule has 5 N–H and O–H groups in total. The van der Waals surface area contributed by atoms with E-state index in [1.54, 1.807) is 18.2 Å². The lowest BCUT2D eigenvalue weighted by Gasteiger charge is -1.98. The van der Waals surface area contributed by atoms with E-state index in [2.05, 4.69) is 5.32 Å². The smallest absolute Gasteiger partial charge is 0.316 e. The number of nitrogens with one attached hydrogen (secondary N) is 1. The van der Waals surface area contributed by atoms with Crippen molar-refractivity contribution in [1.29, 1.82) is 0 Å². The zero-order chi connectivity index (χ0) is 13.1. The summed E-state index contributed by atoms with van der Waals surface area (Å²) in [7, 11) is 0. The lowest BCUT2D eigenvalue weighted by molar-refractivity contribution is 0.259. The number of carbonyl (C=O) groups is 1. The first-order valence-electron chi connectivity index (χ1n) is 4.93. The zero-order valence-corrected chi connectivity index (χ0v) is 10.8. The summed E-state index contributed by atoms with van der Waals surface area (Å²) in [5.74, 6) is -0.292. The first-order chi connectivity index (χ1) is 8.60. The first kappa shape index (κ1) is 12.9. The molecule has 0 unspecified atom stereocenters. The molecule has 1 aromatic carbocycles. The molecule has 94 valence electrons. The van der Waals surface area contributed by atoms with Gasteiger partial charge in [0.2, 0.25) is 0 Å². The molecule has 7 heteroatoms. The Morgan fingerprint density at radius 3 is 2.56 bits per heavy atom. The van der Waals surface area contributed by atoms with E-state index in [0.29, 0.717) is 5.69 Å². The van der Waals surface area contributed by atoms with Crippen molar-refractivity contribution in [3.8, 4) is 10.4 Å². The van der Waals surface area contributed by atoms with E-state index in [0.717, 1.165) is 26.6 Å². The Balaban J connectivity index is 2.37. The second-order valence-electron chi connectivity index (χ2n) is 3.43. The highest BCUT2D eigenvalue weighted by Crippen LogP contribution is 2.39. The largest absolute Gasteiger partial charge is 0.351 e. The number of carbonyl (C=O) groups excluding carboxylic acids is 1. The third-order valence-corrected chi connectivity index (χ3v) is 4.14. The van der Waals surface area contributed by atoms with Gasteiger partial charge in [-0.1, -0.05) is 12.1 Å². The Morgan fingerprint density at radius 2 is 2.00 bits per heavy atom. The number of amides is 2. The third-order valence-electron chi connectivity index (χ3n) is 2.19. The van der Waals surface area contributed by atoms with Gasteiger partial charge < -0.3 is 11.1 Å². The molecule has 1 aromatic heterocycles. The quantitative estimate of drug-likeness (QED) is 0.757. The molecule has 0 saturated carbocycles.